The van der Waals surface area contributed by atoms with Gasteiger partial charge in [0, 0.05) is 12.0 Å². The molecule has 0 unspecified atom stereocenters. The van der Waals surface area contributed by atoms with Crippen LogP contribution in [0.25, 0.3) is 11.3 Å². The Bertz CT molecular complexity index is 502. The lowest BCUT2D eigenvalue weighted by Gasteiger charge is -1.98. The summed E-state index contributed by atoms with van der Waals surface area (Å²) in [4.78, 5) is 0. The Kier molecular flexibility index (Phi) is 1.54. The van der Waals surface area contributed by atoms with Crippen LogP contribution < -0.4 is 5.73 Å². The highest BCUT2D eigenvalue weighted by atomic mass is 19.1. The Morgan fingerprint density at radius 2 is 2.00 bits per heavy atom. The van der Waals surface area contributed by atoms with E-state index in [-0.39, 0.29) is 5.82 Å². The molecule has 4 heteroatoms. The van der Waals surface area contributed by atoms with Crippen LogP contribution in [0.5, 0.6) is 0 Å². The maximum Gasteiger partial charge on any atom is 0.146 e. The van der Waals surface area contributed by atoms with Gasteiger partial charge in [0.1, 0.15) is 11.6 Å². The van der Waals surface area contributed by atoms with Gasteiger partial charge in [-0.2, -0.15) is 0 Å². The number of hydrogen-bond donors (Lipinski definition) is 1. The number of aromatic nitrogens is 2. The quantitative estimate of drug-likeness (QED) is 0.603. The Morgan fingerprint density at radius 1 is 1.13 bits per heavy atom. The number of benzene rings is 1. The molecule has 0 spiro atoms. The molecule has 0 bridgehead atoms. The molecule has 0 saturated carbocycles. The Balaban J connectivity index is 2.24. The minimum absolute atomic E-state index is 0.220. The summed E-state index contributed by atoms with van der Waals surface area (Å²) >= 11 is 0. The number of rotatable bonds is 0. The van der Waals surface area contributed by atoms with Crippen molar-refractivity contribution in [3.63, 3.8) is 0 Å². The van der Waals surface area contributed by atoms with Crippen LogP contribution in [0.3, 0.4) is 0 Å². The molecule has 0 aliphatic heterocycles. The molecule has 1 aromatic carbocycles. The van der Waals surface area contributed by atoms with Gasteiger partial charge in [-0.25, -0.2) is 4.39 Å². The molecule has 3 nitrogen and oxygen atoms in total. The molecule has 0 atom stereocenters. The highest BCUT2D eigenvalue weighted by Crippen LogP contribution is 2.35. The molecule has 15 heavy (non-hydrogen) atoms. The lowest BCUT2D eigenvalue weighted by atomic mass is 10.1. The topological polar surface area (TPSA) is 51.8 Å². The summed E-state index contributed by atoms with van der Waals surface area (Å²) in [5, 5.41) is 7.84. The summed E-state index contributed by atoms with van der Waals surface area (Å²) in [5.41, 5.74) is 9.29. The fraction of sp³-hybridized carbons (Fsp3) is 0.0909. The molecule has 2 aromatic rings. The molecule has 2 N–H and O–H groups in total. The Morgan fingerprint density at radius 3 is 2.87 bits per heavy atom. The number of nitrogens with two attached hydrogens (primary N) is 1. The van der Waals surface area contributed by atoms with E-state index >= 15 is 0 Å². The predicted octanol–water partition coefficient (Wildman–Crippen LogP) is 1.77. The van der Waals surface area contributed by atoms with Gasteiger partial charge >= 0.3 is 0 Å². The van der Waals surface area contributed by atoms with Crippen molar-refractivity contribution in [2.24, 2.45) is 0 Å². The van der Waals surface area contributed by atoms with Crippen molar-refractivity contribution in [3.8, 4) is 11.3 Å². The Hall–Kier alpha value is -1.97. The van der Waals surface area contributed by atoms with Gasteiger partial charge < -0.3 is 5.73 Å². The van der Waals surface area contributed by atoms with Crippen molar-refractivity contribution in [1.82, 2.24) is 10.2 Å². The van der Waals surface area contributed by atoms with Gasteiger partial charge in [-0.1, -0.05) is 0 Å². The predicted molar refractivity (Wildman–Crippen MR) is 54.6 cm³/mol. The van der Waals surface area contributed by atoms with Crippen LogP contribution in [0.15, 0.2) is 24.3 Å². The molecule has 0 amide bonds. The number of nitrogen functional groups attached to an aromatic ring is 1. The van der Waals surface area contributed by atoms with E-state index in [1.807, 2.05) is 0 Å². The van der Waals surface area contributed by atoms with E-state index in [1.54, 1.807) is 12.1 Å². The second-order valence-electron chi connectivity index (χ2n) is 3.62. The van der Waals surface area contributed by atoms with Gasteiger partial charge in [0.25, 0.3) is 0 Å². The summed E-state index contributed by atoms with van der Waals surface area (Å²) in [6.07, 6.45) is 0.683. The van der Waals surface area contributed by atoms with Crippen LogP contribution in [0.1, 0.15) is 11.1 Å². The summed E-state index contributed by atoms with van der Waals surface area (Å²) in [7, 11) is 0. The molecule has 0 saturated heterocycles. The number of hydrogen-bond acceptors (Lipinski definition) is 3. The number of halogens is 1. The molecular weight excluding hydrogens is 193 g/mol. The lowest BCUT2D eigenvalue weighted by molar-refractivity contribution is 0.626. The van der Waals surface area contributed by atoms with E-state index < -0.39 is 0 Å². The zero-order chi connectivity index (χ0) is 10.4. The van der Waals surface area contributed by atoms with Crippen molar-refractivity contribution < 1.29 is 4.39 Å². The van der Waals surface area contributed by atoms with E-state index in [1.165, 1.54) is 12.1 Å². The van der Waals surface area contributed by atoms with Gasteiger partial charge in [-0.3, -0.25) is 0 Å². The largest absolute Gasteiger partial charge is 0.382 e. The molecule has 3 rings (SSSR count). The third-order valence-electron chi connectivity index (χ3n) is 2.60. The van der Waals surface area contributed by atoms with Gasteiger partial charge in [-0.15, -0.1) is 10.2 Å². The van der Waals surface area contributed by atoms with Crippen molar-refractivity contribution in [3.05, 3.63) is 41.2 Å². The molecular formula is C11H8FN3. The van der Waals surface area contributed by atoms with E-state index in [9.17, 15) is 4.39 Å². The van der Waals surface area contributed by atoms with Gasteiger partial charge in [-0.05, 0) is 35.4 Å². The summed E-state index contributed by atoms with van der Waals surface area (Å²) in [5.74, 6) is 0.185. The minimum Gasteiger partial charge on any atom is -0.382 e. The maximum absolute atomic E-state index is 13.0. The monoisotopic (exact) mass is 201 g/mol. The normalized spacial score (nSPS) is 12.3. The number of nitrogens with zero attached hydrogens (tertiary/aromatic N) is 2. The smallest absolute Gasteiger partial charge is 0.146 e. The highest BCUT2D eigenvalue weighted by Gasteiger charge is 2.20. The maximum atomic E-state index is 13.0. The minimum atomic E-state index is -0.220. The number of anilines is 1. The van der Waals surface area contributed by atoms with Crippen LogP contribution in [0.4, 0.5) is 10.2 Å². The van der Waals surface area contributed by atoms with Crippen LogP contribution in [-0.4, -0.2) is 10.2 Å². The van der Waals surface area contributed by atoms with Gasteiger partial charge in [0.2, 0.25) is 0 Å². The lowest BCUT2D eigenvalue weighted by Crippen LogP contribution is -1.95. The molecule has 74 valence electrons. The van der Waals surface area contributed by atoms with Crippen LogP contribution >= 0.6 is 0 Å². The SMILES string of the molecule is Nc1cc2c(nn1)-c1ccc(F)cc1C2. The fourth-order valence-electron chi connectivity index (χ4n) is 1.95. The third-order valence-corrected chi connectivity index (χ3v) is 2.60. The van der Waals surface area contributed by atoms with E-state index in [4.69, 9.17) is 5.73 Å². The summed E-state index contributed by atoms with van der Waals surface area (Å²) in [6, 6.07) is 6.50. The van der Waals surface area contributed by atoms with Gasteiger partial charge in [0.05, 0.1) is 5.69 Å². The van der Waals surface area contributed by atoms with Crippen molar-refractivity contribution in [2.75, 3.05) is 5.73 Å². The van der Waals surface area contributed by atoms with Crippen LogP contribution in [-0.2, 0) is 6.42 Å². The molecule has 1 heterocycles. The van der Waals surface area contributed by atoms with E-state index in [2.05, 4.69) is 10.2 Å². The fourth-order valence-corrected chi connectivity index (χ4v) is 1.95. The molecule has 1 aromatic heterocycles. The third kappa shape index (κ3) is 1.18. The van der Waals surface area contributed by atoms with E-state index in [0.29, 0.717) is 12.2 Å². The van der Waals surface area contributed by atoms with Crippen molar-refractivity contribution in [2.45, 2.75) is 6.42 Å². The van der Waals surface area contributed by atoms with Crippen molar-refractivity contribution in [1.29, 1.82) is 0 Å². The molecule has 1 aliphatic carbocycles. The number of fused-ring (bicyclic) bond motifs is 3. The summed E-state index contributed by atoms with van der Waals surface area (Å²) < 4.78 is 13.0. The first kappa shape index (κ1) is 8.35. The first-order valence-corrected chi connectivity index (χ1v) is 4.65. The van der Waals surface area contributed by atoms with Crippen molar-refractivity contribution >= 4 is 5.82 Å². The molecule has 0 fully saturated rings. The summed E-state index contributed by atoms with van der Waals surface area (Å²) in [6.45, 7) is 0. The van der Waals surface area contributed by atoms with Gasteiger partial charge in [0.15, 0.2) is 0 Å². The van der Waals surface area contributed by atoms with E-state index in [0.717, 1.165) is 22.4 Å². The van der Waals surface area contributed by atoms with Crippen LogP contribution in [0.2, 0.25) is 0 Å². The second kappa shape index (κ2) is 2.76. The Labute approximate surface area is 85.8 Å². The first-order valence-electron chi connectivity index (χ1n) is 4.65. The average Bonchev–Trinajstić information content (AvgIpc) is 2.53. The molecule has 0 radical (unpaired) electrons. The first-order chi connectivity index (χ1) is 7.24. The molecule has 1 aliphatic rings. The zero-order valence-electron chi connectivity index (χ0n) is 7.87. The second-order valence-corrected chi connectivity index (χ2v) is 3.62. The van der Waals surface area contributed by atoms with Crippen LogP contribution in [0, 0.1) is 5.82 Å². The zero-order valence-corrected chi connectivity index (χ0v) is 7.87. The highest BCUT2D eigenvalue weighted by molar-refractivity contribution is 5.73. The standard InChI is InChI=1S/C11H8FN3/c12-8-1-2-9-6(4-8)3-7-5-10(13)14-15-11(7)9/h1-2,4-5H,3H2,(H2,13,14). The average molecular weight is 201 g/mol.